The van der Waals surface area contributed by atoms with Gasteiger partial charge in [-0.3, -0.25) is 4.79 Å². The van der Waals surface area contributed by atoms with Crippen LogP contribution in [0.1, 0.15) is 6.42 Å². The van der Waals surface area contributed by atoms with Crippen LogP contribution in [0.2, 0.25) is 0 Å². The minimum absolute atomic E-state index is 0.112. The predicted octanol–water partition coefficient (Wildman–Crippen LogP) is 2.60. The maximum atomic E-state index is 11.8. The van der Waals surface area contributed by atoms with Gasteiger partial charge in [0.1, 0.15) is 0 Å². The Hall–Kier alpha value is -0.140. The lowest BCUT2D eigenvalue weighted by atomic mass is 10.1. The average molecular weight is 395 g/mol. The van der Waals surface area contributed by atoms with Crippen LogP contribution in [0.4, 0.5) is 5.69 Å². The van der Waals surface area contributed by atoms with E-state index < -0.39 is 0 Å². The second-order valence-corrected chi connectivity index (χ2v) is 5.82. The van der Waals surface area contributed by atoms with E-state index in [1.54, 1.807) is 0 Å². The van der Waals surface area contributed by atoms with E-state index in [0.29, 0.717) is 0 Å². The molecule has 0 bridgehead atoms. The number of rotatable bonds is 2. The molecule has 1 aliphatic heterocycles. The Morgan fingerprint density at radius 3 is 3.00 bits per heavy atom. The number of anilines is 1. The van der Waals surface area contributed by atoms with Crippen molar-refractivity contribution in [2.75, 3.05) is 18.4 Å². The van der Waals surface area contributed by atoms with E-state index in [-0.39, 0.29) is 11.8 Å². The molecule has 2 N–H and O–H groups in total. The standard InChI is InChI=1S/C11H12BrIN2O/c12-9-2-1-8(5-10(9)13)15-11(16)7-3-4-14-6-7/h1-2,5,7,14H,3-4,6H2,(H,15,16). The fourth-order valence-corrected chi connectivity index (χ4v) is 2.46. The van der Waals surface area contributed by atoms with Crippen LogP contribution in [0.15, 0.2) is 22.7 Å². The third kappa shape index (κ3) is 2.95. The van der Waals surface area contributed by atoms with Crippen molar-refractivity contribution < 1.29 is 4.79 Å². The summed E-state index contributed by atoms with van der Waals surface area (Å²) in [6.45, 7) is 1.73. The zero-order chi connectivity index (χ0) is 11.5. The van der Waals surface area contributed by atoms with E-state index in [0.717, 1.165) is 33.2 Å². The summed E-state index contributed by atoms with van der Waals surface area (Å²) in [5.74, 6) is 0.226. The molecule has 1 heterocycles. The minimum Gasteiger partial charge on any atom is -0.326 e. The van der Waals surface area contributed by atoms with Crippen LogP contribution in [0, 0.1) is 9.49 Å². The Morgan fingerprint density at radius 2 is 2.38 bits per heavy atom. The Labute approximate surface area is 117 Å². The first-order chi connectivity index (χ1) is 7.66. The number of carbonyl (C=O) groups is 1. The maximum absolute atomic E-state index is 11.8. The first kappa shape index (κ1) is 12.3. The van der Waals surface area contributed by atoms with Crippen LogP contribution in [-0.4, -0.2) is 19.0 Å². The van der Waals surface area contributed by atoms with E-state index in [1.807, 2.05) is 18.2 Å². The molecular weight excluding hydrogens is 383 g/mol. The lowest BCUT2D eigenvalue weighted by molar-refractivity contribution is -0.119. The van der Waals surface area contributed by atoms with Crippen molar-refractivity contribution in [1.82, 2.24) is 5.32 Å². The number of carbonyl (C=O) groups excluding carboxylic acids is 1. The number of hydrogen-bond donors (Lipinski definition) is 2. The molecule has 0 saturated carbocycles. The topological polar surface area (TPSA) is 41.1 Å². The summed E-state index contributed by atoms with van der Waals surface area (Å²) in [6, 6.07) is 5.82. The lowest BCUT2D eigenvalue weighted by Crippen LogP contribution is -2.24. The first-order valence-corrected chi connectivity index (χ1v) is 7.00. The normalized spacial score (nSPS) is 19.8. The van der Waals surface area contributed by atoms with Crippen molar-refractivity contribution in [3.63, 3.8) is 0 Å². The zero-order valence-corrected chi connectivity index (χ0v) is 12.3. The van der Waals surface area contributed by atoms with Crippen molar-refractivity contribution in [2.45, 2.75) is 6.42 Å². The van der Waals surface area contributed by atoms with E-state index in [9.17, 15) is 4.79 Å². The van der Waals surface area contributed by atoms with Crippen molar-refractivity contribution >= 4 is 50.1 Å². The number of halogens is 2. The second kappa shape index (κ2) is 5.46. The number of benzene rings is 1. The van der Waals surface area contributed by atoms with E-state index >= 15 is 0 Å². The van der Waals surface area contributed by atoms with Crippen LogP contribution in [0.3, 0.4) is 0 Å². The fraction of sp³-hybridized carbons (Fsp3) is 0.364. The maximum Gasteiger partial charge on any atom is 0.228 e. The molecule has 1 aromatic carbocycles. The molecule has 0 radical (unpaired) electrons. The highest BCUT2D eigenvalue weighted by Crippen LogP contribution is 2.23. The van der Waals surface area contributed by atoms with Gasteiger partial charge in [0.05, 0.1) is 5.92 Å². The van der Waals surface area contributed by atoms with Gasteiger partial charge >= 0.3 is 0 Å². The largest absolute Gasteiger partial charge is 0.326 e. The molecule has 16 heavy (non-hydrogen) atoms. The molecule has 1 atom stereocenters. The van der Waals surface area contributed by atoms with Gasteiger partial charge < -0.3 is 10.6 Å². The van der Waals surface area contributed by atoms with Gasteiger partial charge in [-0.05, 0) is 69.7 Å². The van der Waals surface area contributed by atoms with Crippen molar-refractivity contribution in [2.24, 2.45) is 5.92 Å². The lowest BCUT2D eigenvalue weighted by Gasteiger charge is -2.10. The Kier molecular flexibility index (Phi) is 4.21. The number of nitrogens with one attached hydrogen (secondary N) is 2. The van der Waals surface area contributed by atoms with Gasteiger partial charge in [-0.1, -0.05) is 0 Å². The van der Waals surface area contributed by atoms with Crippen LogP contribution in [0.25, 0.3) is 0 Å². The first-order valence-electron chi connectivity index (χ1n) is 5.13. The van der Waals surface area contributed by atoms with Crippen molar-refractivity contribution in [3.05, 3.63) is 26.2 Å². The number of hydrogen-bond acceptors (Lipinski definition) is 2. The Bertz CT molecular complexity index is 405. The zero-order valence-electron chi connectivity index (χ0n) is 8.59. The summed E-state index contributed by atoms with van der Waals surface area (Å²) in [6.07, 6.45) is 0.930. The highest BCUT2D eigenvalue weighted by molar-refractivity contribution is 14.1. The van der Waals surface area contributed by atoms with Crippen LogP contribution in [-0.2, 0) is 4.79 Å². The van der Waals surface area contributed by atoms with E-state index in [4.69, 9.17) is 0 Å². The van der Waals surface area contributed by atoms with Gasteiger partial charge in [0.2, 0.25) is 5.91 Å². The van der Waals surface area contributed by atoms with Gasteiger partial charge in [-0.25, -0.2) is 0 Å². The predicted molar refractivity (Wildman–Crippen MR) is 76.5 cm³/mol. The summed E-state index contributed by atoms with van der Waals surface area (Å²) in [5, 5.41) is 6.14. The van der Waals surface area contributed by atoms with Gasteiger partial charge in [0.15, 0.2) is 0 Å². The molecule has 1 saturated heterocycles. The fourth-order valence-electron chi connectivity index (χ4n) is 1.70. The summed E-state index contributed by atoms with van der Waals surface area (Å²) in [7, 11) is 0. The molecule has 0 aliphatic carbocycles. The molecule has 0 aromatic heterocycles. The monoisotopic (exact) mass is 394 g/mol. The smallest absolute Gasteiger partial charge is 0.228 e. The molecule has 1 aliphatic rings. The van der Waals surface area contributed by atoms with Crippen LogP contribution >= 0.6 is 38.5 Å². The molecule has 86 valence electrons. The molecule has 5 heteroatoms. The van der Waals surface area contributed by atoms with Gasteiger partial charge in [-0.15, -0.1) is 0 Å². The molecule has 1 amide bonds. The highest BCUT2D eigenvalue weighted by atomic mass is 127. The molecule has 3 nitrogen and oxygen atoms in total. The minimum atomic E-state index is 0.112. The van der Waals surface area contributed by atoms with Crippen molar-refractivity contribution in [1.29, 1.82) is 0 Å². The van der Waals surface area contributed by atoms with Crippen molar-refractivity contribution in [3.8, 4) is 0 Å². The molecule has 2 rings (SSSR count). The van der Waals surface area contributed by atoms with Gasteiger partial charge in [0, 0.05) is 20.3 Å². The van der Waals surface area contributed by atoms with E-state index in [2.05, 4.69) is 49.2 Å². The summed E-state index contributed by atoms with van der Waals surface area (Å²) >= 11 is 5.67. The summed E-state index contributed by atoms with van der Waals surface area (Å²) in [4.78, 5) is 11.8. The highest BCUT2D eigenvalue weighted by Gasteiger charge is 2.22. The van der Waals surface area contributed by atoms with Gasteiger partial charge in [0.25, 0.3) is 0 Å². The third-order valence-corrected chi connectivity index (χ3v) is 4.94. The molecule has 1 fully saturated rings. The quantitative estimate of drug-likeness (QED) is 0.757. The molecular formula is C11H12BrIN2O. The third-order valence-electron chi connectivity index (χ3n) is 2.62. The second-order valence-electron chi connectivity index (χ2n) is 3.81. The van der Waals surface area contributed by atoms with Gasteiger partial charge in [-0.2, -0.15) is 0 Å². The van der Waals surface area contributed by atoms with Crippen LogP contribution < -0.4 is 10.6 Å². The molecule has 0 spiro atoms. The number of amides is 1. The molecule has 1 unspecified atom stereocenters. The Morgan fingerprint density at radius 1 is 1.56 bits per heavy atom. The SMILES string of the molecule is O=C(Nc1ccc(Br)c(I)c1)C1CCNC1. The van der Waals surface area contributed by atoms with Crippen LogP contribution in [0.5, 0.6) is 0 Å². The Balaban J connectivity index is 2.02. The van der Waals surface area contributed by atoms with E-state index in [1.165, 1.54) is 0 Å². The summed E-state index contributed by atoms with van der Waals surface area (Å²) in [5.41, 5.74) is 0.865. The summed E-state index contributed by atoms with van der Waals surface area (Å²) < 4.78 is 2.15. The average Bonchev–Trinajstić information content (AvgIpc) is 2.77. The molecule has 1 aromatic rings.